The fourth-order valence-electron chi connectivity index (χ4n) is 2.72. The Hall–Kier alpha value is -0.650. The van der Waals surface area contributed by atoms with E-state index in [1.807, 2.05) is 13.8 Å². The molecule has 3 aliphatic rings. The van der Waals surface area contributed by atoms with Gasteiger partial charge in [-0.3, -0.25) is 0 Å². The van der Waals surface area contributed by atoms with E-state index in [4.69, 9.17) is 14.2 Å². The predicted octanol–water partition coefficient (Wildman–Crippen LogP) is -0.0432. The first-order chi connectivity index (χ1) is 6.90. The first-order valence-corrected chi connectivity index (χ1v) is 5.19. The average molecular weight is 214 g/mol. The van der Waals surface area contributed by atoms with Crippen LogP contribution in [0.25, 0.3) is 0 Å². The van der Waals surface area contributed by atoms with Crippen molar-refractivity contribution in [1.82, 2.24) is 0 Å². The quantitative estimate of drug-likeness (QED) is 0.573. The summed E-state index contributed by atoms with van der Waals surface area (Å²) in [7, 11) is 0. The van der Waals surface area contributed by atoms with E-state index in [2.05, 4.69) is 0 Å². The van der Waals surface area contributed by atoms with Crippen LogP contribution in [0.3, 0.4) is 0 Å². The van der Waals surface area contributed by atoms with Crippen LogP contribution in [0.15, 0.2) is 0 Å². The van der Waals surface area contributed by atoms with Crippen LogP contribution in [0.2, 0.25) is 0 Å². The zero-order valence-electron chi connectivity index (χ0n) is 8.73. The molecule has 2 heterocycles. The summed E-state index contributed by atoms with van der Waals surface area (Å²) < 4.78 is 16.4. The normalized spacial score (nSPS) is 51.4. The molecular weight excluding hydrogens is 200 g/mol. The maximum absolute atomic E-state index is 11.4. The molecule has 0 aromatic rings. The molecule has 3 rings (SSSR count). The highest BCUT2D eigenvalue weighted by molar-refractivity contribution is 5.82. The van der Waals surface area contributed by atoms with Crippen LogP contribution >= 0.6 is 0 Å². The van der Waals surface area contributed by atoms with Crippen molar-refractivity contribution >= 4 is 5.97 Å². The number of rotatable bonds is 0. The van der Waals surface area contributed by atoms with Gasteiger partial charge in [-0.1, -0.05) is 0 Å². The molecular formula is C10H14O5. The molecule has 0 radical (unpaired) electrons. The van der Waals surface area contributed by atoms with Gasteiger partial charge in [0, 0.05) is 12.8 Å². The van der Waals surface area contributed by atoms with Gasteiger partial charge in [0.05, 0.1) is 6.10 Å². The number of carbonyl (C=O) groups is 1. The minimum atomic E-state index is -1.35. The second kappa shape index (κ2) is 2.53. The van der Waals surface area contributed by atoms with E-state index in [0.717, 1.165) is 0 Å². The van der Waals surface area contributed by atoms with Gasteiger partial charge in [0.25, 0.3) is 0 Å². The van der Waals surface area contributed by atoms with Crippen LogP contribution in [0.4, 0.5) is 0 Å². The van der Waals surface area contributed by atoms with E-state index in [1.165, 1.54) is 0 Å². The van der Waals surface area contributed by atoms with E-state index in [0.29, 0.717) is 6.42 Å². The fourth-order valence-corrected chi connectivity index (χ4v) is 2.72. The summed E-state index contributed by atoms with van der Waals surface area (Å²) in [6.07, 6.45) is -0.229. The standard InChI is InChI=1S/C10H14O5/c1-9(2)14-6-4-10(12)3-5(7(6)15-9)13-8(10)11/h5-7,12H,3-4H2,1-2H3/t5-,6+,7-,10+/m0/s1. The number of hydrogen-bond donors (Lipinski definition) is 1. The first-order valence-electron chi connectivity index (χ1n) is 5.19. The maximum atomic E-state index is 11.4. The molecule has 2 bridgehead atoms. The molecule has 1 N–H and O–H groups in total. The highest BCUT2D eigenvalue weighted by Gasteiger charge is 2.62. The summed E-state index contributed by atoms with van der Waals surface area (Å²) in [6.45, 7) is 3.65. The van der Waals surface area contributed by atoms with Gasteiger partial charge in [-0.25, -0.2) is 4.79 Å². The van der Waals surface area contributed by atoms with E-state index < -0.39 is 17.4 Å². The van der Waals surface area contributed by atoms with Gasteiger partial charge in [-0.15, -0.1) is 0 Å². The summed E-state index contributed by atoms with van der Waals surface area (Å²) in [5.41, 5.74) is -1.35. The van der Waals surface area contributed by atoms with Gasteiger partial charge < -0.3 is 19.3 Å². The minimum absolute atomic E-state index is 0.230. The number of esters is 1. The maximum Gasteiger partial charge on any atom is 0.338 e. The molecule has 5 heteroatoms. The van der Waals surface area contributed by atoms with E-state index in [-0.39, 0.29) is 24.7 Å². The van der Waals surface area contributed by atoms with Crippen molar-refractivity contribution in [2.45, 2.75) is 56.4 Å². The summed E-state index contributed by atoms with van der Waals surface area (Å²) in [4.78, 5) is 11.4. The molecule has 2 aliphatic heterocycles. The Bertz CT molecular complexity index is 326. The number of carbonyl (C=O) groups excluding carboxylic acids is 1. The monoisotopic (exact) mass is 214 g/mol. The average Bonchev–Trinajstić information content (AvgIpc) is 2.50. The molecule has 1 saturated carbocycles. The number of ether oxygens (including phenoxy) is 3. The Morgan fingerprint density at radius 3 is 2.67 bits per heavy atom. The molecule has 15 heavy (non-hydrogen) atoms. The molecule has 0 spiro atoms. The van der Waals surface area contributed by atoms with Gasteiger partial charge in [0.15, 0.2) is 11.4 Å². The molecule has 5 nitrogen and oxygen atoms in total. The predicted molar refractivity (Wildman–Crippen MR) is 47.9 cm³/mol. The zero-order chi connectivity index (χ0) is 10.8. The highest BCUT2D eigenvalue weighted by atomic mass is 16.8. The molecule has 84 valence electrons. The third kappa shape index (κ3) is 1.23. The highest BCUT2D eigenvalue weighted by Crippen LogP contribution is 2.46. The molecule has 0 amide bonds. The zero-order valence-corrected chi connectivity index (χ0v) is 8.73. The lowest BCUT2D eigenvalue weighted by molar-refractivity contribution is -0.171. The van der Waals surface area contributed by atoms with Gasteiger partial charge in [0.2, 0.25) is 0 Å². The van der Waals surface area contributed by atoms with Crippen LogP contribution in [0, 0.1) is 0 Å². The smallest absolute Gasteiger partial charge is 0.338 e. The molecule has 4 atom stereocenters. The third-order valence-corrected chi connectivity index (χ3v) is 3.30. The summed E-state index contributed by atoms with van der Waals surface area (Å²) >= 11 is 0. The fraction of sp³-hybridized carbons (Fsp3) is 0.900. The summed E-state index contributed by atoms with van der Waals surface area (Å²) in [5.74, 6) is -1.19. The van der Waals surface area contributed by atoms with Crippen LogP contribution in [-0.2, 0) is 19.0 Å². The number of hydrogen-bond acceptors (Lipinski definition) is 5. The van der Waals surface area contributed by atoms with Crippen molar-refractivity contribution in [3.05, 3.63) is 0 Å². The Balaban J connectivity index is 1.90. The van der Waals surface area contributed by atoms with Crippen molar-refractivity contribution < 1.29 is 24.1 Å². The first kappa shape index (κ1) is 9.57. The summed E-state index contributed by atoms with van der Waals surface area (Å²) in [5, 5.41) is 10.00. The third-order valence-electron chi connectivity index (χ3n) is 3.30. The number of aliphatic hydroxyl groups is 1. The molecule has 0 aromatic heterocycles. The second-order valence-corrected chi connectivity index (χ2v) is 5.02. The van der Waals surface area contributed by atoms with Gasteiger partial charge in [-0.05, 0) is 13.8 Å². The van der Waals surface area contributed by atoms with Crippen molar-refractivity contribution in [2.24, 2.45) is 0 Å². The lowest BCUT2D eigenvalue weighted by atomic mass is 9.82. The number of fused-ring (bicyclic) bond motifs is 4. The molecule has 2 saturated heterocycles. The van der Waals surface area contributed by atoms with Crippen molar-refractivity contribution in [2.75, 3.05) is 0 Å². The topological polar surface area (TPSA) is 65.0 Å². The van der Waals surface area contributed by atoms with E-state index in [1.54, 1.807) is 0 Å². The van der Waals surface area contributed by atoms with Gasteiger partial charge >= 0.3 is 5.97 Å². The Morgan fingerprint density at radius 1 is 1.27 bits per heavy atom. The largest absolute Gasteiger partial charge is 0.457 e. The lowest BCUT2D eigenvalue weighted by Gasteiger charge is -2.29. The molecule has 1 aliphatic carbocycles. The summed E-state index contributed by atoms with van der Waals surface area (Å²) in [6, 6.07) is 0. The van der Waals surface area contributed by atoms with Crippen LogP contribution < -0.4 is 0 Å². The van der Waals surface area contributed by atoms with Crippen molar-refractivity contribution in [3.63, 3.8) is 0 Å². The van der Waals surface area contributed by atoms with Crippen LogP contribution in [0.5, 0.6) is 0 Å². The molecule has 0 unspecified atom stereocenters. The lowest BCUT2D eigenvalue weighted by Crippen LogP contribution is -2.47. The van der Waals surface area contributed by atoms with E-state index in [9.17, 15) is 9.90 Å². The van der Waals surface area contributed by atoms with Gasteiger partial charge in [0.1, 0.15) is 12.2 Å². The molecule has 0 aromatic carbocycles. The van der Waals surface area contributed by atoms with E-state index >= 15 is 0 Å². The van der Waals surface area contributed by atoms with Gasteiger partial charge in [-0.2, -0.15) is 0 Å². The Kier molecular flexibility index (Phi) is 1.62. The van der Waals surface area contributed by atoms with Crippen molar-refractivity contribution in [1.29, 1.82) is 0 Å². The van der Waals surface area contributed by atoms with Crippen LogP contribution in [0.1, 0.15) is 26.7 Å². The Labute approximate surface area is 87.3 Å². The second-order valence-electron chi connectivity index (χ2n) is 5.02. The molecule has 3 fully saturated rings. The van der Waals surface area contributed by atoms with Crippen molar-refractivity contribution in [3.8, 4) is 0 Å². The van der Waals surface area contributed by atoms with Crippen LogP contribution in [-0.4, -0.2) is 40.8 Å². The Morgan fingerprint density at radius 2 is 1.93 bits per heavy atom. The SMILES string of the molecule is CC1(C)O[C@H]2[C@@H]3C[C@@](O)(C[C@H]2O1)C(=O)O3. The minimum Gasteiger partial charge on any atom is -0.457 e.